The van der Waals surface area contributed by atoms with Gasteiger partial charge in [-0.2, -0.15) is 0 Å². The minimum Gasteiger partial charge on any atom is -0.478 e. The smallest absolute Gasteiger partial charge is 0.339 e. The summed E-state index contributed by atoms with van der Waals surface area (Å²) in [4.78, 5) is 26.5. The number of carboxylic acids is 1. The molecule has 0 radical (unpaired) electrons. The molecule has 16 bridgehead atoms. The third-order valence-electron chi connectivity index (χ3n) is 19.4. The summed E-state index contributed by atoms with van der Waals surface area (Å²) in [5.41, 5.74) is -1.07. The summed E-state index contributed by atoms with van der Waals surface area (Å²) in [7, 11) is 0. The molecular formula is C60H86O43. The molecule has 30 aliphatic heterocycles. The number of aromatic carboxylic acids is 1. The molecule has 30 fully saturated rings. The quantitative estimate of drug-likeness (QED) is 0.0929. The van der Waals surface area contributed by atoms with Crippen molar-refractivity contribution in [1.29, 1.82) is 0 Å². The number of rotatable bonds is 11. The number of carbonyl (C=O) groups is 2. The fourth-order valence-electron chi connectivity index (χ4n) is 13.7. The first-order valence-corrected chi connectivity index (χ1v) is 32.7. The summed E-state index contributed by atoms with van der Waals surface area (Å²) in [6, 6.07) is 8.65. The first-order chi connectivity index (χ1) is 49.1. The molecule has 43 nitrogen and oxygen atoms in total. The summed E-state index contributed by atoms with van der Waals surface area (Å²) in [6.07, 6.45) is -85.3. The van der Waals surface area contributed by atoms with E-state index < -0.39 is 322 Å². The summed E-state index contributed by atoms with van der Waals surface area (Å²) < 4.78 is 98.1. The maximum Gasteiger partial charge on any atom is 0.339 e. The van der Waals surface area contributed by atoms with Crippen molar-refractivity contribution in [2.24, 2.45) is 0 Å². The maximum atomic E-state index is 14.0. The Morgan fingerprint density at radius 3 is 0.650 bits per heavy atom. The Morgan fingerprint density at radius 2 is 0.456 bits per heavy atom. The topological polar surface area (TPSA) is 677 Å². The van der Waals surface area contributed by atoms with Gasteiger partial charge in [0.15, 0.2) is 50.3 Å². The highest BCUT2D eigenvalue weighted by Crippen LogP contribution is 2.40. The van der Waals surface area contributed by atoms with Crippen LogP contribution in [0.1, 0.15) is 20.7 Å². The first kappa shape index (κ1) is 80.1. The predicted molar refractivity (Wildman–Crippen MR) is 315 cm³/mol. The Balaban J connectivity index is 0.884. The number of fused-ring (bicyclic) bond motifs is 1. The molecule has 2 aromatic rings. The Morgan fingerprint density at radius 1 is 0.272 bits per heavy atom. The van der Waals surface area contributed by atoms with E-state index in [0.717, 1.165) is 0 Å². The minimum atomic E-state index is -2.41. The molecule has 30 aliphatic rings. The van der Waals surface area contributed by atoms with E-state index in [4.69, 9.17) is 80.5 Å². The van der Waals surface area contributed by atoms with Crippen LogP contribution >= 0.6 is 0 Å². The van der Waals surface area contributed by atoms with Gasteiger partial charge in [0.05, 0.1) is 57.4 Å². The average molecular weight is 1500 g/mol. The van der Waals surface area contributed by atoms with Gasteiger partial charge in [-0.05, 0) is 22.9 Å². The van der Waals surface area contributed by atoms with Crippen LogP contribution in [-0.2, 0) is 80.5 Å². The van der Waals surface area contributed by atoms with Crippen molar-refractivity contribution < 1.29 is 213 Å². The van der Waals surface area contributed by atoms with Crippen molar-refractivity contribution in [1.82, 2.24) is 0 Å². The normalized spacial score (nSPS) is 48.9. The van der Waals surface area contributed by atoms with Gasteiger partial charge in [0.2, 0.25) is 0 Å². The standard InChI is InChI=1S/C60H86O43/c61-7-19-43-27(68)35(76)53(88-19)97-44-20(8-62)90-55(37(78)29(44)70)99-46-22(10-64)92-57(39(80)31(46)72)101-48-24(12-66)94-59(41(82)33(48)74)103-50-26(14-87-52(86)18-6-16-4-2-1-3-15(16)5-17(18)51(84)85)95-60(42(83)34(50)75)102-49-25(13-67)93-58(40(81)32(49)73)100-47-23(11-65)91-56(38(79)30(47)71)98-45-21(9-63)89-54(96-43)36(77)28(45)69/h1-6,19-50,53-83H,7-14H2,(H,84,85)/t19-,20+,21-,22+,23-,24+,25-,26+,27+,28+,29+,30+,31+,32+,33+,34+,35+,36+,37+,38+,39-,40+,41+,42+,43+,44+,45+,46+,47+,48+,49+,50+,53+,54+,55+,56+,57+,58+,59+,60+/m0/s1. The molecular weight excluding hydrogens is 1410 g/mol. The summed E-state index contributed by atoms with van der Waals surface area (Å²) in [5.74, 6) is -2.92. The lowest BCUT2D eigenvalue weighted by atomic mass is 9.94. The third kappa shape index (κ3) is 16.0. The van der Waals surface area contributed by atoms with Gasteiger partial charge in [-0.1, -0.05) is 24.3 Å². The average Bonchev–Trinajstić information content (AvgIpc) is 0.777. The number of ether oxygens (including phenoxy) is 17. The number of hydrogen-bond acceptors (Lipinski definition) is 42. The van der Waals surface area contributed by atoms with Crippen molar-refractivity contribution in [3.05, 3.63) is 47.5 Å². The van der Waals surface area contributed by atoms with Crippen molar-refractivity contribution >= 4 is 22.7 Å². The number of carboxylic acid groups (broad SMARTS) is 1. The number of benzene rings is 2. The second-order valence-corrected chi connectivity index (χ2v) is 25.9. The zero-order valence-corrected chi connectivity index (χ0v) is 53.7. The van der Waals surface area contributed by atoms with E-state index in [0.29, 0.717) is 10.8 Å². The second kappa shape index (κ2) is 33.9. The lowest BCUT2D eigenvalue weighted by Crippen LogP contribution is -2.69. The van der Waals surface area contributed by atoms with Gasteiger partial charge in [-0.15, -0.1) is 0 Å². The first-order valence-electron chi connectivity index (χ1n) is 32.7. The Labute approximate surface area is 580 Å². The fraction of sp³-hybridized carbons (Fsp3) is 0.800. The van der Waals surface area contributed by atoms with Gasteiger partial charge < -0.3 is 203 Å². The van der Waals surface area contributed by atoms with Crippen LogP contribution in [0, 0.1) is 0 Å². The number of carbonyl (C=O) groups excluding carboxylic acids is 1. The van der Waals surface area contributed by atoms with Crippen LogP contribution < -0.4 is 0 Å². The predicted octanol–water partition coefficient (Wildman–Crippen LogP) is -14.7. The van der Waals surface area contributed by atoms with Crippen LogP contribution in [0.25, 0.3) is 10.8 Å². The van der Waals surface area contributed by atoms with E-state index in [-0.39, 0.29) is 0 Å². The molecule has 43 heteroatoms. The maximum absolute atomic E-state index is 14.0. The molecule has 0 unspecified atom stereocenters. The second-order valence-electron chi connectivity index (χ2n) is 25.9. The molecule has 30 heterocycles. The summed E-state index contributed by atoms with van der Waals surface area (Å²) >= 11 is 0. The lowest BCUT2D eigenvalue weighted by Gasteiger charge is -2.50. The number of esters is 1. The van der Waals surface area contributed by atoms with Crippen LogP contribution in [0.15, 0.2) is 36.4 Å². The highest BCUT2D eigenvalue weighted by molar-refractivity contribution is 6.06. The molecule has 0 spiro atoms. The number of hydrogen-bond donors (Lipinski definition) is 24. The minimum absolute atomic E-state index is 0.369. The number of aliphatic hydroxyl groups is 23. The molecule has 30 saturated heterocycles. The summed E-state index contributed by atoms with van der Waals surface area (Å²) in [5, 5.41) is 270. The highest BCUT2D eigenvalue weighted by atomic mass is 16.8. The monoisotopic (exact) mass is 1490 g/mol. The molecule has 0 aromatic heterocycles. The van der Waals surface area contributed by atoms with Gasteiger partial charge in [-0.25, -0.2) is 9.59 Å². The molecule has 40 atom stereocenters. The van der Waals surface area contributed by atoms with Gasteiger partial charge in [0.25, 0.3) is 0 Å². The molecule has 103 heavy (non-hydrogen) atoms. The highest BCUT2D eigenvalue weighted by Gasteiger charge is 2.61. The van der Waals surface area contributed by atoms with Gasteiger partial charge >= 0.3 is 11.9 Å². The molecule has 0 aliphatic carbocycles. The van der Waals surface area contributed by atoms with Crippen molar-refractivity contribution in [2.75, 3.05) is 52.9 Å². The van der Waals surface area contributed by atoms with E-state index >= 15 is 0 Å². The van der Waals surface area contributed by atoms with Crippen molar-refractivity contribution in [2.45, 2.75) is 246 Å². The third-order valence-corrected chi connectivity index (χ3v) is 19.4. The molecule has 24 N–H and O–H groups in total. The van der Waals surface area contributed by atoms with Gasteiger partial charge in [0.1, 0.15) is 202 Å². The molecule has 2 aromatic carbocycles. The molecule has 584 valence electrons. The Hall–Kier alpha value is -3.92. The van der Waals surface area contributed by atoms with Gasteiger partial charge in [0, 0.05) is 0 Å². The van der Waals surface area contributed by atoms with Crippen LogP contribution in [0.2, 0.25) is 0 Å². The zero-order chi connectivity index (χ0) is 74.5. The van der Waals surface area contributed by atoms with E-state index in [1.165, 1.54) is 12.1 Å². The summed E-state index contributed by atoms with van der Waals surface area (Å²) in [6.45, 7) is -9.03. The number of aliphatic hydroxyl groups excluding tert-OH is 23. The Bertz CT molecular complexity index is 3070. The van der Waals surface area contributed by atoms with Crippen LogP contribution in [0.4, 0.5) is 0 Å². The largest absolute Gasteiger partial charge is 0.478 e. The molecule has 32 rings (SSSR count). The molecule has 0 amide bonds. The molecule has 0 saturated carbocycles. The Kier molecular flexibility index (Phi) is 26.4. The van der Waals surface area contributed by atoms with Crippen molar-refractivity contribution in [3.8, 4) is 0 Å². The fourth-order valence-corrected chi connectivity index (χ4v) is 13.7. The van der Waals surface area contributed by atoms with Crippen LogP contribution in [-0.4, -0.2) is 433 Å². The lowest BCUT2D eigenvalue weighted by molar-refractivity contribution is -0.404. The van der Waals surface area contributed by atoms with Crippen LogP contribution in [0.3, 0.4) is 0 Å². The van der Waals surface area contributed by atoms with Crippen LogP contribution in [0.5, 0.6) is 0 Å². The van der Waals surface area contributed by atoms with E-state index in [9.17, 15) is 132 Å². The van der Waals surface area contributed by atoms with Crippen molar-refractivity contribution in [3.63, 3.8) is 0 Å². The zero-order valence-electron chi connectivity index (χ0n) is 53.7. The van der Waals surface area contributed by atoms with Gasteiger partial charge in [-0.3, -0.25) is 0 Å². The van der Waals surface area contributed by atoms with E-state index in [2.05, 4.69) is 0 Å². The SMILES string of the molecule is O=C(O)c1cc2ccccc2cc1C(=O)OC[C@H]1O[C@@H]2O[C@H]3[C@H](O)[C@@H](O)[C@@H](O[C@H]4[C@H](O)[C@@H](O)[C@@H](O[C@H]5[C@H](O)[C@@H](O)[C@@H](O[C@H]6[C@H](O)[C@@H](O)[C@@H](O[C@H]7[C@H](O)[C@@H](O)[C@@H](O[C@H]8[C@H](O)[C@H](O)[C@@H](O[C@H]9[C@H](O)[C@@H](O)[C@@H](O[C@H]1[C@H](O)[C@H]2O)O[C@@H]9CO)O[C@@H]8CO)O[C@@H]7CO)O[C@H]6CO)O[C@H]5CO)O[C@H]4CO)O[C@H]3CO. The van der Waals surface area contributed by atoms with E-state index in [1.54, 1.807) is 24.3 Å². The van der Waals surface area contributed by atoms with E-state index in [1.807, 2.05) is 0 Å².